The van der Waals surface area contributed by atoms with Gasteiger partial charge in [-0.3, -0.25) is 4.79 Å². The smallest absolute Gasteiger partial charge is 0.267 e. The molecule has 4 nitrogen and oxygen atoms in total. The lowest BCUT2D eigenvalue weighted by Crippen LogP contribution is -2.12. The number of benzene rings is 1. The number of hydrogen-bond donors (Lipinski definition) is 2. The number of carbonyl (C=O) groups is 1. The van der Waals surface area contributed by atoms with E-state index in [0.29, 0.717) is 11.3 Å². The molecule has 0 bridgehead atoms. The van der Waals surface area contributed by atoms with Crippen LogP contribution < -0.4 is 5.32 Å². The van der Waals surface area contributed by atoms with E-state index in [1.165, 1.54) is 11.3 Å². The Morgan fingerprint density at radius 2 is 2.24 bits per heavy atom. The molecule has 2 rings (SSSR count). The van der Waals surface area contributed by atoms with E-state index < -0.39 is 0 Å². The molecule has 2 N–H and O–H groups in total. The monoisotopic (exact) mass is 300 g/mol. The molecule has 0 aliphatic rings. The Bertz CT molecular complexity index is 711. The third-order valence-electron chi connectivity index (χ3n) is 2.90. The maximum Gasteiger partial charge on any atom is 0.267 e. The summed E-state index contributed by atoms with van der Waals surface area (Å²) in [5.41, 5.74) is 4.98. The van der Waals surface area contributed by atoms with Crippen molar-refractivity contribution in [2.75, 3.05) is 11.9 Å². The fraction of sp³-hybridized carbons (Fsp3) is 0.250. The van der Waals surface area contributed by atoms with Gasteiger partial charge in [-0.05, 0) is 37.6 Å². The van der Waals surface area contributed by atoms with Crippen molar-refractivity contribution in [3.8, 4) is 11.8 Å². The van der Waals surface area contributed by atoms with Crippen LogP contribution in [0.15, 0.2) is 23.7 Å². The Kier molecular flexibility index (Phi) is 5.09. The summed E-state index contributed by atoms with van der Waals surface area (Å²) in [6, 6.07) is 5.61. The third kappa shape index (κ3) is 3.91. The van der Waals surface area contributed by atoms with Crippen molar-refractivity contribution in [1.82, 2.24) is 4.98 Å². The molecule has 108 valence electrons. The van der Waals surface area contributed by atoms with Gasteiger partial charge in [-0.15, -0.1) is 11.3 Å². The van der Waals surface area contributed by atoms with Crippen molar-refractivity contribution in [3.63, 3.8) is 0 Å². The highest BCUT2D eigenvalue weighted by atomic mass is 32.1. The topological polar surface area (TPSA) is 62.2 Å². The molecule has 2 aromatic rings. The summed E-state index contributed by atoms with van der Waals surface area (Å²) in [7, 11) is 0. The predicted molar refractivity (Wildman–Crippen MR) is 84.6 cm³/mol. The molecule has 1 aromatic heterocycles. The third-order valence-corrected chi connectivity index (χ3v) is 3.82. The normalized spacial score (nSPS) is 9.86. The molecular weight excluding hydrogens is 284 g/mol. The zero-order chi connectivity index (χ0) is 15.2. The first-order valence-electron chi connectivity index (χ1n) is 6.53. The number of aromatic nitrogens is 1. The summed E-state index contributed by atoms with van der Waals surface area (Å²) < 4.78 is 0. The van der Waals surface area contributed by atoms with Crippen LogP contribution in [0.3, 0.4) is 0 Å². The number of carbonyl (C=O) groups excluding carboxylic acids is 1. The molecule has 0 atom stereocenters. The summed E-state index contributed by atoms with van der Waals surface area (Å²) in [6.07, 6.45) is 0.461. The lowest BCUT2D eigenvalue weighted by molar-refractivity contribution is 0.102. The number of hydrogen-bond acceptors (Lipinski definition) is 4. The van der Waals surface area contributed by atoms with Crippen LogP contribution in [-0.2, 0) is 0 Å². The van der Waals surface area contributed by atoms with Gasteiger partial charge in [-0.25, -0.2) is 4.98 Å². The Labute approximate surface area is 127 Å². The van der Waals surface area contributed by atoms with Crippen LogP contribution in [0.2, 0.25) is 0 Å². The van der Waals surface area contributed by atoms with Gasteiger partial charge in [0.15, 0.2) is 0 Å². The predicted octanol–water partition coefficient (Wildman–Crippen LogP) is 2.75. The highest BCUT2D eigenvalue weighted by Gasteiger charge is 2.12. The fourth-order valence-corrected chi connectivity index (χ4v) is 2.50. The maximum absolute atomic E-state index is 12.1. The zero-order valence-electron chi connectivity index (χ0n) is 11.9. The van der Waals surface area contributed by atoms with Gasteiger partial charge in [0.05, 0.1) is 17.8 Å². The summed E-state index contributed by atoms with van der Waals surface area (Å²) in [5, 5.41) is 11.6. The van der Waals surface area contributed by atoms with Gasteiger partial charge in [-0.1, -0.05) is 11.8 Å². The zero-order valence-corrected chi connectivity index (χ0v) is 12.8. The average molecular weight is 300 g/mol. The van der Waals surface area contributed by atoms with Gasteiger partial charge < -0.3 is 10.4 Å². The average Bonchev–Trinajstić information content (AvgIpc) is 2.88. The highest BCUT2D eigenvalue weighted by Crippen LogP contribution is 2.19. The molecule has 1 heterocycles. The molecule has 5 heteroatoms. The van der Waals surface area contributed by atoms with E-state index in [9.17, 15) is 4.79 Å². The summed E-state index contributed by atoms with van der Waals surface area (Å²) in [6.45, 7) is 3.80. The lowest BCUT2D eigenvalue weighted by Gasteiger charge is -2.08. The summed E-state index contributed by atoms with van der Waals surface area (Å²) in [5.74, 6) is 5.71. The van der Waals surface area contributed by atoms with Gasteiger partial charge in [-0.2, -0.15) is 0 Å². The van der Waals surface area contributed by atoms with E-state index in [1.807, 2.05) is 32.0 Å². The van der Waals surface area contributed by atoms with Crippen molar-refractivity contribution >= 4 is 22.9 Å². The number of aliphatic hydroxyl groups excluding tert-OH is 1. The number of amides is 1. The number of nitrogens with zero attached hydrogens (tertiary/aromatic N) is 1. The Balaban J connectivity index is 2.13. The standard InChI is InChI=1S/C16H16N2O2S/c1-11-9-13(5-3-4-8-19)6-7-14(11)18-16(20)15-12(2)17-10-21-15/h6-7,9-10,19H,4,8H2,1-2H3,(H,18,20). The molecule has 0 aliphatic carbocycles. The molecule has 21 heavy (non-hydrogen) atoms. The second-order valence-corrected chi connectivity index (χ2v) is 5.38. The van der Waals surface area contributed by atoms with E-state index in [2.05, 4.69) is 22.1 Å². The quantitative estimate of drug-likeness (QED) is 0.857. The van der Waals surface area contributed by atoms with Gasteiger partial charge in [0, 0.05) is 17.7 Å². The summed E-state index contributed by atoms with van der Waals surface area (Å²) >= 11 is 1.33. The maximum atomic E-state index is 12.1. The van der Waals surface area contributed by atoms with Crippen molar-refractivity contribution in [1.29, 1.82) is 0 Å². The van der Waals surface area contributed by atoms with E-state index in [0.717, 1.165) is 22.5 Å². The second-order valence-electron chi connectivity index (χ2n) is 4.53. The number of aryl methyl sites for hydroxylation is 2. The highest BCUT2D eigenvalue weighted by molar-refractivity contribution is 7.12. The first-order valence-corrected chi connectivity index (χ1v) is 7.41. The van der Waals surface area contributed by atoms with Crippen molar-refractivity contribution < 1.29 is 9.90 Å². The fourth-order valence-electron chi connectivity index (χ4n) is 1.80. The first-order chi connectivity index (χ1) is 10.1. The minimum atomic E-state index is -0.141. The van der Waals surface area contributed by atoms with Crippen molar-refractivity contribution in [3.05, 3.63) is 45.4 Å². The van der Waals surface area contributed by atoms with Gasteiger partial charge in [0.25, 0.3) is 5.91 Å². The van der Waals surface area contributed by atoms with Crippen LogP contribution in [0.5, 0.6) is 0 Å². The van der Waals surface area contributed by atoms with Crippen LogP contribution in [-0.4, -0.2) is 22.6 Å². The number of nitrogens with one attached hydrogen (secondary N) is 1. The molecule has 0 saturated heterocycles. The minimum absolute atomic E-state index is 0.0638. The van der Waals surface area contributed by atoms with Crippen LogP contribution in [0.25, 0.3) is 0 Å². The molecule has 0 unspecified atom stereocenters. The van der Waals surface area contributed by atoms with Crippen LogP contribution >= 0.6 is 11.3 Å². The molecule has 0 radical (unpaired) electrons. The second kappa shape index (κ2) is 7.02. The van der Waals surface area contributed by atoms with E-state index in [1.54, 1.807) is 5.51 Å². The molecule has 0 spiro atoms. The van der Waals surface area contributed by atoms with Crippen molar-refractivity contribution in [2.45, 2.75) is 20.3 Å². The molecule has 0 saturated carbocycles. The molecular formula is C16H16N2O2S. The van der Waals surface area contributed by atoms with Crippen LogP contribution in [0.4, 0.5) is 5.69 Å². The molecule has 0 fully saturated rings. The number of anilines is 1. The van der Waals surface area contributed by atoms with Gasteiger partial charge in [0.2, 0.25) is 0 Å². The van der Waals surface area contributed by atoms with Crippen molar-refractivity contribution in [2.24, 2.45) is 0 Å². The van der Waals surface area contributed by atoms with E-state index in [4.69, 9.17) is 5.11 Å². The van der Waals surface area contributed by atoms with Crippen LogP contribution in [0, 0.1) is 25.7 Å². The van der Waals surface area contributed by atoms with E-state index >= 15 is 0 Å². The minimum Gasteiger partial charge on any atom is -0.395 e. The number of rotatable bonds is 3. The van der Waals surface area contributed by atoms with Crippen LogP contribution in [0.1, 0.15) is 32.9 Å². The SMILES string of the molecule is Cc1cc(C#CCCO)ccc1NC(=O)c1scnc1C. The molecule has 0 aliphatic heterocycles. The largest absolute Gasteiger partial charge is 0.395 e. The molecule has 1 aromatic carbocycles. The van der Waals surface area contributed by atoms with E-state index in [-0.39, 0.29) is 12.5 Å². The number of thiazole rings is 1. The number of aliphatic hydroxyl groups is 1. The molecule has 1 amide bonds. The van der Waals surface area contributed by atoms with Gasteiger partial charge in [0.1, 0.15) is 4.88 Å². The Hall–Kier alpha value is -2.16. The first kappa shape index (κ1) is 15.2. The summed E-state index contributed by atoms with van der Waals surface area (Å²) in [4.78, 5) is 16.9. The Morgan fingerprint density at radius 1 is 1.43 bits per heavy atom. The van der Waals surface area contributed by atoms with Gasteiger partial charge >= 0.3 is 0 Å². The lowest BCUT2D eigenvalue weighted by atomic mass is 10.1. The Morgan fingerprint density at radius 3 is 2.86 bits per heavy atom.